The summed E-state index contributed by atoms with van der Waals surface area (Å²) in [7, 11) is 7.90. The summed E-state index contributed by atoms with van der Waals surface area (Å²) in [6, 6.07) is 4.10. The van der Waals surface area contributed by atoms with E-state index in [1.54, 1.807) is 0 Å². The van der Waals surface area contributed by atoms with Gasteiger partial charge in [0.2, 0.25) is 0 Å². The van der Waals surface area contributed by atoms with Gasteiger partial charge in [-0.2, -0.15) is 0 Å². The van der Waals surface area contributed by atoms with Gasteiger partial charge in [-0.15, -0.1) is 0 Å². The number of anilines is 1. The van der Waals surface area contributed by atoms with E-state index in [1.807, 2.05) is 45.2 Å². The number of furan rings is 1. The Morgan fingerprint density at radius 1 is 1.29 bits per heavy atom. The van der Waals surface area contributed by atoms with Gasteiger partial charge in [-0.3, -0.25) is 4.90 Å². The molecule has 0 amide bonds. The van der Waals surface area contributed by atoms with Crippen LogP contribution in [0.5, 0.6) is 0 Å². The summed E-state index contributed by atoms with van der Waals surface area (Å²) in [4.78, 5) is 3.99. The SMILES string of the molecule is CN(C)c1ccc([C@H](CN)N(C)C)o1. The maximum Gasteiger partial charge on any atom is 0.195 e. The largest absolute Gasteiger partial charge is 0.444 e. The molecule has 0 bridgehead atoms. The Hall–Kier alpha value is -1.00. The van der Waals surface area contributed by atoms with E-state index in [-0.39, 0.29) is 6.04 Å². The van der Waals surface area contributed by atoms with E-state index in [2.05, 4.69) is 4.90 Å². The molecular weight excluding hydrogens is 178 g/mol. The lowest BCUT2D eigenvalue weighted by molar-refractivity contribution is 0.266. The van der Waals surface area contributed by atoms with Gasteiger partial charge in [-0.25, -0.2) is 0 Å². The molecule has 1 heterocycles. The molecule has 1 atom stereocenters. The Morgan fingerprint density at radius 3 is 2.29 bits per heavy atom. The topological polar surface area (TPSA) is 45.6 Å². The first-order chi connectivity index (χ1) is 6.56. The molecule has 4 heteroatoms. The Balaban J connectivity index is 2.84. The normalized spacial score (nSPS) is 13.3. The molecule has 0 aromatic carbocycles. The Labute approximate surface area is 85.3 Å². The van der Waals surface area contributed by atoms with E-state index in [0.29, 0.717) is 6.54 Å². The summed E-state index contributed by atoms with van der Waals surface area (Å²) in [5.41, 5.74) is 5.68. The average Bonchev–Trinajstić information content (AvgIpc) is 2.53. The Bertz CT molecular complexity index is 281. The highest BCUT2D eigenvalue weighted by Gasteiger charge is 2.16. The molecule has 2 N–H and O–H groups in total. The summed E-state index contributed by atoms with van der Waals surface area (Å²) < 4.78 is 5.66. The predicted octanol–water partition coefficient (Wildman–Crippen LogP) is 0.907. The number of hydrogen-bond donors (Lipinski definition) is 1. The molecule has 80 valence electrons. The molecule has 14 heavy (non-hydrogen) atoms. The van der Waals surface area contributed by atoms with Gasteiger partial charge < -0.3 is 15.1 Å². The van der Waals surface area contributed by atoms with Crippen molar-refractivity contribution in [1.29, 1.82) is 0 Å². The van der Waals surface area contributed by atoms with Crippen molar-refractivity contribution < 1.29 is 4.42 Å². The maximum absolute atomic E-state index is 5.68. The predicted molar refractivity (Wildman–Crippen MR) is 58.5 cm³/mol. The number of nitrogens with two attached hydrogens (primary N) is 1. The van der Waals surface area contributed by atoms with Crippen molar-refractivity contribution in [3.8, 4) is 0 Å². The van der Waals surface area contributed by atoms with Crippen molar-refractivity contribution in [2.45, 2.75) is 6.04 Å². The number of rotatable bonds is 4. The van der Waals surface area contributed by atoms with Gasteiger partial charge in [-0.1, -0.05) is 0 Å². The van der Waals surface area contributed by atoms with E-state index < -0.39 is 0 Å². The van der Waals surface area contributed by atoms with E-state index in [4.69, 9.17) is 10.2 Å². The van der Waals surface area contributed by atoms with E-state index in [0.717, 1.165) is 11.6 Å². The van der Waals surface area contributed by atoms with Gasteiger partial charge in [0.1, 0.15) is 5.76 Å². The van der Waals surface area contributed by atoms with E-state index in [1.165, 1.54) is 0 Å². The fraction of sp³-hybridized carbons (Fsp3) is 0.600. The highest BCUT2D eigenvalue weighted by atomic mass is 16.4. The smallest absolute Gasteiger partial charge is 0.195 e. The molecule has 0 aliphatic carbocycles. The molecule has 0 saturated heterocycles. The molecule has 0 saturated carbocycles. The summed E-state index contributed by atoms with van der Waals surface area (Å²) >= 11 is 0. The van der Waals surface area contributed by atoms with Crippen LogP contribution in [0.25, 0.3) is 0 Å². The van der Waals surface area contributed by atoms with Gasteiger partial charge in [0.15, 0.2) is 5.88 Å². The quantitative estimate of drug-likeness (QED) is 0.779. The summed E-state index contributed by atoms with van der Waals surface area (Å²) in [5.74, 6) is 1.78. The van der Waals surface area contributed by atoms with Gasteiger partial charge >= 0.3 is 0 Å². The fourth-order valence-corrected chi connectivity index (χ4v) is 1.34. The van der Waals surface area contributed by atoms with Crippen molar-refractivity contribution in [2.75, 3.05) is 39.6 Å². The van der Waals surface area contributed by atoms with Crippen molar-refractivity contribution in [2.24, 2.45) is 5.73 Å². The second-order valence-corrected chi connectivity index (χ2v) is 3.79. The molecule has 4 nitrogen and oxygen atoms in total. The Kier molecular flexibility index (Phi) is 3.55. The van der Waals surface area contributed by atoms with Crippen LogP contribution in [0, 0.1) is 0 Å². The second-order valence-electron chi connectivity index (χ2n) is 3.79. The van der Waals surface area contributed by atoms with Gasteiger partial charge in [-0.05, 0) is 20.2 Å². The molecule has 0 unspecified atom stereocenters. The van der Waals surface area contributed by atoms with Crippen molar-refractivity contribution in [3.63, 3.8) is 0 Å². The number of nitrogens with zero attached hydrogens (tertiary/aromatic N) is 2. The van der Waals surface area contributed by atoms with Crippen LogP contribution in [0.15, 0.2) is 16.5 Å². The summed E-state index contributed by atoms with van der Waals surface area (Å²) in [5, 5.41) is 0. The zero-order valence-electron chi connectivity index (χ0n) is 9.32. The standard InChI is InChI=1S/C10H19N3O/c1-12(2)8(7-11)9-5-6-10(14-9)13(3)4/h5-6,8H,7,11H2,1-4H3/t8-/m0/s1. The molecule has 0 radical (unpaired) electrons. The minimum atomic E-state index is 0.156. The second kappa shape index (κ2) is 4.48. The average molecular weight is 197 g/mol. The summed E-state index contributed by atoms with van der Waals surface area (Å²) in [6.07, 6.45) is 0. The third-order valence-corrected chi connectivity index (χ3v) is 2.23. The monoisotopic (exact) mass is 197 g/mol. The molecule has 0 fully saturated rings. The first-order valence-electron chi connectivity index (χ1n) is 4.69. The minimum absolute atomic E-state index is 0.156. The summed E-state index contributed by atoms with van der Waals surface area (Å²) in [6.45, 7) is 0.563. The van der Waals surface area contributed by atoms with Gasteiger partial charge in [0, 0.05) is 26.7 Å². The first-order valence-corrected chi connectivity index (χ1v) is 4.69. The molecule has 0 aliphatic rings. The van der Waals surface area contributed by atoms with Crippen LogP contribution in [0.3, 0.4) is 0 Å². The maximum atomic E-state index is 5.68. The highest BCUT2D eigenvalue weighted by Crippen LogP contribution is 2.23. The van der Waals surface area contributed by atoms with Crippen LogP contribution in [0.2, 0.25) is 0 Å². The van der Waals surface area contributed by atoms with E-state index in [9.17, 15) is 0 Å². The van der Waals surface area contributed by atoms with Crippen LogP contribution < -0.4 is 10.6 Å². The van der Waals surface area contributed by atoms with Gasteiger partial charge in [0.05, 0.1) is 6.04 Å². The van der Waals surface area contributed by atoms with E-state index >= 15 is 0 Å². The first kappa shape index (κ1) is 11.1. The third kappa shape index (κ3) is 2.27. The van der Waals surface area contributed by atoms with Gasteiger partial charge in [0.25, 0.3) is 0 Å². The van der Waals surface area contributed by atoms with Crippen molar-refractivity contribution in [1.82, 2.24) is 4.90 Å². The Morgan fingerprint density at radius 2 is 1.93 bits per heavy atom. The molecule has 1 rings (SSSR count). The number of likely N-dealkylation sites (N-methyl/N-ethyl adjacent to an activating group) is 1. The molecule has 1 aromatic heterocycles. The molecular formula is C10H19N3O. The van der Waals surface area contributed by atoms with Crippen molar-refractivity contribution >= 4 is 5.88 Å². The molecule has 0 spiro atoms. The zero-order valence-corrected chi connectivity index (χ0v) is 9.32. The van der Waals surface area contributed by atoms with Crippen LogP contribution >= 0.6 is 0 Å². The third-order valence-electron chi connectivity index (χ3n) is 2.23. The van der Waals surface area contributed by atoms with Crippen molar-refractivity contribution in [3.05, 3.63) is 17.9 Å². The van der Waals surface area contributed by atoms with Crippen LogP contribution in [-0.4, -0.2) is 39.6 Å². The minimum Gasteiger partial charge on any atom is -0.444 e. The lowest BCUT2D eigenvalue weighted by Gasteiger charge is -2.20. The molecule has 1 aromatic rings. The van der Waals surface area contributed by atoms with Crippen LogP contribution in [0.1, 0.15) is 11.8 Å². The number of hydrogen-bond acceptors (Lipinski definition) is 4. The molecule has 0 aliphatic heterocycles. The fourth-order valence-electron chi connectivity index (χ4n) is 1.34. The highest BCUT2D eigenvalue weighted by molar-refractivity contribution is 5.34. The van der Waals surface area contributed by atoms with Crippen LogP contribution in [0.4, 0.5) is 5.88 Å². The zero-order chi connectivity index (χ0) is 10.7. The lowest BCUT2D eigenvalue weighted by Crippen LogP contribution is -2.26. The van der Waals surface area contributed by atoms with Crippen LogP contribution in [-0.2, 0) is 0 Å². The lowest BCUT2D eigenvalue weighted by atomic mass is 10.2.